The van der Waals surface area contributed by atoms with E-state index in [0.717, 1.165) is 22.0 Å². The fourth-order valence-electron chi connectivity index (χ4n) is 3.78. The van der Waals surface area contributed by atoms with Crippen LogP contribution in [-0.4, -0.2) is 40.7 Å². The van der Waals surface area contributed by atoms with Gasteiger partial charge in [0.1, 0.15) is 6.79 Å². The number of hydrogen-bond acceptors (Lipinski definition) is 4. The lowest BCUT2D eigenvalue weighted by atomic mass is 9.68. The van der Waals surface area contributed by atoms with Crippen molar-refractivity contribution in [1.82, 2.24) is 0 Å². The van der Waals surface area contributed by atoms with E-state index in [-0.39, 0.29) is 41.5 Å². The van der Waals surface area contributed by atoms with Crippen molar-refractivity contribution < 1.29 is 18.7 Å². The van der Waals surface area contributed by atoms with Gasteiger partial charge in [0.25, 0.3) is 0 Å². The van der Waals surface area contributed by atoms with Crippen molar-refractivity contribution in [3.05, 3.63) is 33.5 Å². The summed E-state index contributed by atoms with van der Waals surface area (Å²) in [5, 5.41) is 0.188. The molecular formula is C25H43IO4Si. The largest absolute Gasteiger partial charge is 0.416 e. The maximum atomic E-state index is 13.2. The number of halogens is 1. The molecule has 0 aromatic heterocycles. The second kappa shape index (κ2) is 12.3. The summed E-state index contributed by atoms with van der Waals surface area (Å²) in [6.45, 7) is 22.5. The minimum absolute atomic E-state index is 0.0489. The molecule has 178 valence electrons. The summed E-state index contributed by atoms with van der Waals surface area (Å²) >= 11 is 2.28. The van der Waals surface area contributed by atoms with Crippen LogP contribution in [0.25, 0.3) is 0 Å². The third kappa shape index (κ3) is 8.54. The molecule has 31 heavy (non-hydrogen) atoms. The van der Waals surface area contributed by atoms with E-state index < -0.39 is 8.32 Å². The number of carbonyl (C=O) groups excluding carboxylic acids is 1. The summed E-state index contributed by atoms with van der Waals surface area (Å²) in [5.74, 6) is 0.248. The van der Waals surface area contributed by atoms with Crippen molar-refractivity contribution in [2.24, 2.45) is 17.8 Å². The van der Waals surface area contributed by atoms with Gasteiger partial charge in [0.05, 0.1) is 6.10 Å². The fraction of sp³-hybridized carbons (Fsp3) is 0.720. The summed E-state index contributed by atoms with van der Waals surface area (Å²) in [7, 11) is -0.149. The quantitative estimate of drug-likeness (QED) is 0.0889. The Morgan fingerprint density at radius 2 is 2.00 bits per heavy atom. The number of rotatable bonds is 11. The first-order valence-corrected chi connectivity index (χ1v) is 15.2. The summed E-state index contributed by atoms with van der Waals surface area (Å²) in [6.07, 6.45) is 5.49. The summed E-state index contributed by atoms with van der Waals surface area (Å²) in [6, 6.07) is 0. The highest BCUT2D eigenvalue weighted by molar-refractivity contribution is 14.1. The Labute approximate surface area is 205 Å². The Hall–Kier alpha value is -0.283. The van der Waals surface area contributed by atoms with Gasteiger partial charge in [0.2, 0.25) is 0 Å². The molecule has 0 aromatic rings. The molecule has 1 aliphatic rings. The molecule has 0 unspecified atom stereocenters. The Kier molecular flexibility index (Phi) is 11.4. The molecule has 0 amide bonds. The molecule has 0 saturated heterocycles. The van der Waals surface area contributed by atoms with Crippen molar-refractivity contribution in [2.45, 2.75) is 78.6 Å². The van der Waals surface area contributed by atoms with Crippen LogP contribution in [-0.2, 0) is 18.7 Å². The van der Waals surface area contributed by atoms with Crippen LogP contribution in [0.4, 0.5) is 0 Å². The van der Waals surface area contributed by atoms with Crippen LogP contribution in [0.3, 0.4) is 0 Å². The molecule has 0 saturated carbocycles. The lowest BCUT2D eigenvalue weighted by Crippen LogP contribution is -2.41. The molecule has 0 heterocycles. The van der Waals surface area contributed by atoms with Gasteiger partial charge in [-0.3, -0.25) is 4.79 Å². The number of methoxy groups -OCH3 is 1. The Morgan fingerprint density at radius 3 is 2.52 bits per heavy atom. The summed E-state index contributed by atoms with van der Waals surface area (Å²) in [5.41, 5.74) is 2.38. The van der Waals surface area contributed by atoms with Gasteiger partial charge in [0, 0.05) is 32.0 Å². The van der Waals surface area contributed by atoms with Crippen molar-refractivity contribution >= 4 is 36.7 Å². The van der Waals surface area contributed by atoms with Crippen LogP contribution in [0.2, 0.25) is 18.1 Å². The first-order chi connectivity index (χ1) is 14.2. The van der Waals surface area contributed by atoms with Crippen LogP contribution in [0.5, 0.6) is 0 Å². The van der Waals surface area contributed by atoms with Crippen LogP contribution in [0, 0.1) is 17.8 Å². The number of allylic oxidation sites excluding steroid dienone is 3. The Balaban J connectivity index is 2.90. The normalized spacial score (nSPS) is 24.0. The first kappa shape index (κ1) is 28.7. The average Bonchev–Trinajstić information content (AvgIpc) is 2.63. The maximum absolute atomic E-state index is 13.2. The molecular weight excluding hydrogens is 519 g/mol. The zero-order valence-corrected chi connectivity index (χ0v) is 24.2. The van der Waals surface area contributed by atoms with Gasteiger partial charge in [0.15, 0.2) is 14.1 Å². The highest BCUT2D eigenvalue weighted by Gasteiger charge is 2.39. The van der Waals surface area contributed by atoms with Crippen LogP contribution >= 0.6 is 22.6 Å². The number of ketones is 1. The van der Waals surface area contributed by atoms with Crippen LogP contribution < -0.4 is 0 Å². The standard InChI is InChI=1S/C25H43IO4Si/c1-17(2)21-13-18(3)14-23(29-16-28-8)24(21)19(4)22(27)15-20(26)11-12-30-31(9,10)25(5,6)7/h14-15,19,21,23-24H,1,11-13,16H2,2-10H3/b20-15+/t19-,21-,23+,24-/m0/s1. The predicted octanol–water partition coefficient (Wildman–Crippen LogP) is 7.07. The van der Waals surface area contributed by atoms with Crippen molar-refractivity contribution in [3.63, 3.8) is 0 Å². The van der Waals surface area contributed by atoms with E-state index in [9.17, 15) is 4.79 Å². The number of carbonyl (C=O) groups is 1. The zero-order chi connectivity index (χ0) is 24.0. The van der Waals surface area contributed by atoms with Crippen LogP contribution in [0.15, 0.2) is 33.5 Å². The lowest BCUT2D eigenvalue weighted by Gasteiger charge is -2.39. The molecule has 0 aliphatic heterocycles. The molecule has 1 aliphatic carbocycles. The summed E-state index contributed by atoms with van der Waals surface area (Å²) in [4.78, 5) is 13.2. The minimum atomic E-state index is -1.77. The minimum Gasteiger partial charge on any atom is -0.416 e. The first-order valence-electron chi connectivity index (χ1n) is 11.2. The zero-order valence-electron chi connectivity index (χ0n) is 21.0. The lowest BCUT2D eigenvalue weighted by molar-refractivity contribution is -0.126. The van der Waals surface area contributed by atoms with Gasteiger partial charge < -0.3 is 13.9 Å². The predicted molar refractivity (Wildman–Crippen MR) is 141 cm³/mol. The molecule has 0 bridgehead atoms. The third-order valence-corrected chi connectivity index (χ3v) is 12.2. The molecule has 6 heteroatoms. The van der Waals surface area contributed by atoms with E-state index in [0.29, 0.717) is 6.61 Å². The second-order valence-electron chi connectivity index (χ2n) is 10.4. The SMILES string of the molecule is C=C(C)[C@@H]1CC(C)=C[C@@H](OCOC)[C@H]1[C@@H](C)C(=O)/C=C(/I)CCO[Si](C)(C)C(C)(C)C. The number of ether oxygens (including phenoxy) is 2. The van der Waals surface area contributed by atoms with Gasteiger partial charge >= 0.3 is 0 Å². The molecule has 0 radical (unpaired) electrons. The monoisotopic (exact) mass is 562 g/mol. The van der Waals surface area contributed by atoms with E-state index in [1.165, 1.54) is 5.57 Å². The van der Waals surface area contributed by atoms with E-state index in [1.54, 1.807) is 13.2 Å². The topological polar surface area (TPSA) is 44.8 Å². The van der Waals surface area contributed by atoms with Crippen LogP contribution in [0.1, 0.15) is 54.4 Å². The third-order valence-electron chi connectivity index (χ3n) is 6.78. The van der Waals surface area contributed by atoms with E-state index >= 15 is 0 Å². The molecule has 0 N–H and O–H groups in total. The van der Waals surface area contributed by atoms with E-state index in [1.807, 2.05) is 6.92 Å². The van der Waals surface area contributed by atoms with Crippen molar-refractivity contribution in [3.8, 4) is 0 Å². The molecule has 0 fully saturated rings. The fourth-order valence-corrected chi connectivity index (χ4v) is 5.35. The highest BCUT2D eigenvalue weighted by atomic mass is 127. The molecule has 0 spiro atoms. The van der Waals surface area contributed by atoms with Gasteiger partial charge in [-0.2, -0.15) is 0 Å². The molecule has 4 atom stereocenters. The van der Waals surface area contributed by atoms with Gasteiger partial charge in [-0.1, -0.05) is 51.5 Å². The number of hydrogen-bond donors (Lipinski definition) is 0. The molecule has 1 rings (SSSR count). The Morgan fingerprint density at radius 1 is 1.39 bits per heavy atom. The van der Waals surface area contributed by atoms with Crippen molar-refractivity contribution in [1.29, 1.82) is 0 Å². The second-order valence-corrected chi connectivity index (χ2v) is 16.6. The van der Waals surface area contributed by atoms with E-state index in [4.69, 9.17) is 13.9 Å². The average molecular weight is 563 g/mol. The van der Waals surface area contributed by atoms with Gasteiger partial charge in [-0.05, 0) is 76.6 Å². The maximum Gasteiger partial charge on any atom is 0.191 e. The van der Waals surface area contributed by atoms with E-state index in [2.05, 4.69) is 83.0 Å². The smallest absolute Gasteiger partial charge is 0.191 e. The molecule has 0 aromatic carbocycles. The van der Waals surface area contributed by atoms with Gasteiger partial charge in [-0.15, -0.1) is 0 Å². The summed E-state index contributed by atoms with van der Waals surface area (Å²) < 4.78 is 18.4. The highest BCUT2D eigenvalue weighted by Crippen LogP contribution is 2.41. The van der Waals surface area contributed by atoms with Gasteiger partial charge in [-0.25, -0.2) is 0 Å². The van der Waals surface area contributed by atoms with Crippen molar-refractivity contribution in [2.75, 3.05) is 20.5 Å². The Bertz CT molecular complexity index is 690. The molecule has 4 nitrogen and oxygen atoms in total.